The Morgan fingerprint density at radius 2 is 1.00 bits per heavy atom. The van der Waals surface area contributed by atoms with Crippen LogP contribution < -0.4 is 0 Å². The van der Waals surface area contributed by atoms with E-state index in [0.717, 1.165) is 0 Å². The second kappa shape index (κ2) is 45.8. The largest absolute Gasteiger partial charge is 0.187 e. The minimum atomic E-state index is 0. The van der Waals surface area contributed by atoms with Crippen molar-refractivity contribution in [1.82, 2.24) is 0 Å². The van der Waals surface area contributed by atoms with Crippen LogP contribution in [0.25, 0.3) is 0 Å². The molecule has 0 aliphatic heterocycles. The van der Waals surface area contributed by atoms with Crippen molar-refractivity contribution in [1.29, 1.82) is 0 Å². The Hall–Kier alpha value is 2.81. The predicted molar refractivity (Wildman–Crippen MR) is 21.3 cm³/mol. The molecule has 0 amide bonds. The zero-order valence-electron chi connectivity index (χ0n) is 1.46. The number of hydrogen-bond donors (Lipinski definition) is 0. The van der Waals surface area contributed by atoms with E-state index < -0.39 is 0 Å². The molecule has 0 unspecified atom stereocenters. The zero-order chi connectivity index (χ0) is 0. The molecule has 0 heterocycles. The Labute approximate surface area is 95.1 Å². The Balaban J connectivity index is 0. The van der Waals surface area contributed by atoms with Gasteiger partial charge in [0.1, 0.15) is 0 Å². The Kier molecular flexibility index (Phi) is 519. The molecule has 0 aliphatic rings. The van der Waals surface area contributed by atoms with Gasteiger partial charge in [0.2, 0.25) is 0 Å². The molecule has 0 nitrogen and oxygen atoms in total. The third-order valence-corrected chi connectivity index (χ3v) is 0. The van der Waals surface area contributed by atoms with Crippen molar-refractivity contribution in [3.63, 3.8) is 0 Å². The fraction of sp³-hybridized carbons (Fsp3) is 0. The monoisotopic (exact) mass is 283 g/mol. The van der Waals surface area contributed by atoms with Crippen LogP contribution in [-0.4, -0.2) is 28.3 Å². The van der Waals surface area contributed by atoms with Crippen LogP contribution in [0.5, 0.6) is 0 Å². The normalized spacial score (nSPS) is 0. The van der Waals surface area contributed by atoms with Crippen molar-refractivity contribution in [2.24, 2.45) is 0 Å². The molecule has 45 valence electrons. The first-order chi connectivity index (χ1) is 0. The molecule has 0 aromatic heterocycles. The molecule has 0 saturated carbocycles. The van der Waals surface area contributed by atoms with E-state index in [-0.39, 0.29) is 96.3 Å². The fourth-order valence-electron chi connectivity index (χ4n) is 0. The first-order valence-corrected chi connectivity index (χ1v) is 0. The van der Waals surface area contributed by atoms with Gasteiger partial charge in [-0.1, -0.05) is 0 Å². The van der Waals surface area contributed by atoms with E-state index >= 15 is 0 Å². The summed E-state index contributed by atoms with van der Waals surface area (Å²) in [6, 6.07) is 0. The Bertz CT molecular complexity index is 15.5. The van der Waals surface area contributed by atoms with E-state index in [2.05, 4.69) is 0 Å². The topological polar surface area (TPSA) is 0 Å². The molecular formula is H7AlCrFeMnNiSi. The standard InChI is InChI=1S/Al.Cr.Fe.Mn.Ni.H4Si.3H/h;;;;;1H4;;;. The van der Waals surface area contributed by atoms with Gasteiger partial charge in [0.25, 0.3) is 0 Å². The summed E-state index contributed by atoms with van der Waals surface area (Å²) in [7, 11) is 0. The first kappa shape index (κ1) is 68.0. The molecular weight excluding hydrogens is 277 g/mol. The smallest absolute Gasteiger partial charge is 0.0149 e. The SMILES string of the molecule is [AlH3].[Cr].[Fe].[Mn].[Ni].[SiH4]. The van der Waals surface area contributed by atoms with Crippen molar-refractivity contribution < 1.29 is 68.0 Å². The molecule has 0 atom stereocenters. The molecule has 0 saturated heterocycles. The average Bonchev–Trinajstić information content (AvgIpc) is 0. The van der Waals surface area contributed by atoms with Gasteiger partial charge < -0.3 is 0 Å². The molecule has 1 radical (unpaired) electrons. The van der Waals surface area contributed by atoms with E-state index in [4.69, 9.17) is 0 Å². The van der Waals surface area contributed by atoms with E-state index in [9.17, 15) is 0 Å². The summed E-state index contributed by atoms with van der Waals surface area (Å²) in [5.74, 6) is 0. The second-order valence-corrected chi connectivity index (χ2v) is 0. The van der Waals surface area contributed by atoms with Crippen molar-refractivity contribution in [2.45, 2.75) is 0 Å². The van der Waals surface area contributed by atoms with Crippen LogP contribution in [0.2, 0.25) is 0 Å². The van der Waals surface area contributed by atoms with Gasteiger partial charge >= 0.3 is 0 Å². The molecule has 0 aromatic rings. The number of hydrogen-bond acceptors (Lipinski definition) is 0. The van der Waals surface area contributed by atoms with Crippen molar-refractivity contribution >= 4 is 28.3 Å². The summed E-state index contributed by atoms with van der Waals surface area (Å²) in [5.41, 5.74) is 0. The first-order valence-electron chi connectivity index (χ1n) is 0. The third-order valence-electron chi connectivity index (χ3n) is 0. The number of rotatable bonds is 0. The van der Waals surface area contributed by atoms with E-state index in [1.807, 2.05) is 0 Å². The van der Waals surface area contributed by atoms with Gasteiger partial charge in [0.15, 0.2) is 17.4 Å². The summed E-state index contributed by atoms with van der Waals surface area (Å²) in [6.07, 6.45) is 0. The van der Waals surface area contributed by atoms with E-state index in [1.54, 1.807) is 0 Å². The van der Waals surface area contributed by atoms with Crippen molar-refractivity contribution in [3.05, 3.63) is 0 Å². The summed E-state index contributed by atoms with van der Waals surface area (Å²) in [5, 5.41) is 0. The van der Waals surface area contributed by atoms with Gasteiger partial charge in [0.05, 0.1) is 0 Å². The third kappa shape index (κ3) is 29.1. The summed E-state index contributed by atoms with van der Waals surface area (Å²) >= 11 is 0. The van der Waals surface area contributed by atoms with E-state index in [0.29, 0.717) is 0 Å². The van der Waals surface area contributed by atoms with Crippen LogP contribution in [0.4, 0.5) is 0 Å². The van der Waals surface area contributed by atoms with E-state index in [1.165, 1.54) is 0 Å². The molecule has 0 aliphatic carbocycles. The fourth-order valence-corrected chi connectivity index (χ4v) is 0. The van der Waals surface area contributed by atoms with Crippen LogP contribution >= 0.6 is 0 Å². The molecule has 0 bridgehead atoms. The van der Waals surface area contributed by atoms with Gasteiger partial charge in [0, 0.05) is 68.0 Å². The van der Waals surface area contributed by atoms with Crippen LogP contribution in [0.15, 0.2) is 0 Å². The maximum Gasteiger partial charge on any atom is 0.187 e. The van der Waals surface area contributed by atoms with Crippen LogP contribution in [-0.2, 0) is 68.0 Å². The van der Waals surface area contributed by atoms with Gasteiger partial charge in [-0.15, -0.1) is 0 Å². The maximum atomic E-state index is 0. The molecule has 0 spiro atoms. The van der Waals surface area contributed by atoms with Crippen LogP contribution in [0, 0.1) is 0 Å². The molecule has 0 aromatic carbocycles. The quantitative estimate of drug-likeness (QED) is 0.426. The molecule has 0 fully saturated rings. The predicted octanol–water partition coefficient (Wildman–Crippen LogP) is -2.65. The minimum absolute atomic E-state index is 0. The van der Waals surface area contributed by atoms with Gasteiger partial charge in [-0.2, -0.15) is 0 Å². The summed E-state index contributed by atoms with van der Waals surface area (Å²) < 4.78 is 0. The Morgan fingerprint density at radius 3 is 1.00 bits per heavy atom. The summed E-state index contributed by atoms with van der Waals surface area (Å²) in [6.45, 7) is 0. The second-order valence-electron chi connectivity index (χ2n) is 0. The van der Waals surface area contributed by atoms with Crippen LogP contribution in [0.3, 0.4) is 0 Å². The molecule has 0 rings (SSSR count). The Morgan fingerprint density at radius 1 is 1.00 bits per heavy atom. The minimum Gasteiger partial charge on any atom is -0.0149 e. The van der Waals surface area contributed by atoms with Crippen molar-refractivity contribution in [2.75, 3.05) is 0 Å². The van der Waals surface area contributed by atoms with Crippen molar-refractivity contribution in [3.8, 4) is 0 Å². The molecule has 6 heavy (non-hydrogen) atoms. The molecule has 0 N–H and O–H groups in total. The van der Waals surface area contributed by atoms with Crippen LogP contribution in [0.1, 0.15) is 0 Å². The van der Waals surface area contributed by atoms with Gasteiger partial charge in [-0.25, -0.2) is 0 Å². The zero-order valence-corrected chi connectivity index (χ0v) is 6.00. The maximum absolute atomic E-state index is 0. The molecule has 6 heteroatoms. The van der Waals surface area contributed by atoms with Gasteiger partial charge in [-0.05, 0) is 11.0 Å². The van der Waals surface area contributed by atoms with Gasteiger partial charge in [-0.3, -0.25) is 0 Å². The summed E-state index contributed by atoms with van der Waals surface area (Å²) in [4.78, 5) is 0. The average molecular weight is 284 g/mol.